The van der Waals surface area contributed by atoms with E-state index in [1.807, 2.05) is 39.0 Å². The van der Waals surface area contributed by atoms with Crippen LogP contribution in [0.25, 0.3) is 0 Å². The molecule has 7 nitrogen and oxygen atoms in total. The molecule has 0 aliphatic carbocycles. The van der Waals surface area contributed by atoms with Crippen LogP contribution >= 0.6 is 34.8 Å². The molecule has 1 unspecified atom stereocenters. The van der Waals surface area contributed by atoms with Crippen molar-refractivity contribution in [3.8, 4) is 0 Å². The maximum Gasteiger partial charge on any atom is 0.258 e. The number of para-hydroxylation sites is 1. The lowest BCUT2D eigenvalue weighted by atomic mass is 10.0. The molecule has 1 atom stereocenters. The topological polar surface area (TPSA) is 99.1 Å². The van der Waals surface area contributed by atoms with Crippen molar-refractivity contribution in [3.63, 3.8) is 0 Å². The molecule has 0 aromatic heterocycles. The lowest BCUT2D eigenvalue weighted by Crippen LogP contribution is -2.35. The van der Waals surface area contributed by atoms with E-state index in [2.05, 4.69) is 5.43 Å². The van der Waals surface area contributed by atoms with Gasteiger partial charge in [-0.05, 0) is 32.4 Å². The number of aliphatic hydroxyl groups is 2. The van der Waals surface area contributed by atoms with Gasteiger partial charge in [0.15, 0.2) is 0 Å². The second-order valence-corrected chi connectivity index (χ2v) is 7.03. The fraction of sp³-hybridized carbons (Fsp3) is 0.524. The Morgan fingerprint density at radius 2 is 1.61 bits per heavy atom. The summed E-state index contributed by atoms with van der Waals surface area (Å²) >= 11 is 14.8. The first-order valence-electron chi connectivity index (χ1n) is 9.94. The number of aliphatic hydroxyl groups excluding tert-OH is 2. The molecule has 1 heterocycles. The Balaban J connectivity index is 0. The molecule has 1 aromatic carbocycles. The summed E-state index contributed by atoms with van der Waals surface area (Å²) in [6, 6.07) is 9.17. The predicted octanol–water partition coefficient (Wildman–Crippen LogP) is 4.39. The van der Waals surface area contributed by atoms with Gasteiger partial charge in [-0.2, -0.15) is 0 Å². The van der Waals surface area contributed by atoms with Gasteiger partial charge in [-0.1, -0.05) is 72.8 Å². The highest BCUT2D eigenvalue weighted by atomic mass is 35.5. The van der Waals surface area contributed by atoms with E-state index >= 15 is 0 Å². The molecule has 10 heteroatoms. The lowest BCUT2D eigenvalue weighted by molar-refractivity contribution is -0.127. The van der Waals surface area contributed by atoms with Gasteiger partial charge >= 0.3 is 0 Å². The van der Waals surface area contributed by atoms with Crippen molar-refractivity contribution >= 4 is 52.3 Å². The van der Waals surface area contributed by atoms with Crippen LogP contribution in [0.5, 0.6) is 0 Å². The molecule has 1 aromatic rings. The molecule has 0 spiro atoms. The Kier molecular flexibility index (Phi) is 22.5. The maximum atomic E-state index is 12.1. The second-order valence-electron chi connectivity index (χ2n) is 5.81. The van der Waals surface area contributed by atoms with Crippen LogP contribution in [0.2, 0.25) is 0 Å². The van der Waals surface area contributed by atoms with Crippen molar-refractivity contribution in [2.45, 2.75) is 40.0 Å². The Morgan fingerprint density at radius 3 is 1.97 bits per heavy atom. The third kappa shape index (κ3) is 16.0. The Morgan fingerprint density at radius 1 is 1.10 bits per heavy atom. The molecule has 3 N–H and O–H groups in total. The number of ether oxygens (including phenoxy) is 1. The SMILES string of the molecule is CCCCC1C(=O)NN(c2ccccc2)C1=O.CCOCC.ClC=C(Cl)Cl.OCCO. The van der Waals surface area contributed by atoms with Crippen molar-refractivity contribution in [2.75, 3.05) is 31.4 Å². The third-order valence-electron chi connectivity index (χ3n) is 3.51. The first-order valence-corrected chi connectivity index (χ1v) is 11.1. The number of carbonyl (C=O) groups excluding carboxylic acids is 2. The van der Waals surface area contributed by atoms with Gasteiger partial charge in [0, 0.05) is 18.7 Å². The first kappa shape index (κ1) is 31.8. The van der Waals surface area contributed by atoms with Crippen molar-refractivity contribution in [2.24, 2.45) is 5.92 Å². The monoisotopic (exact) mass is 498 g/mol. The van der Waals surface area contributed by atoms with Gasteiger partial charge in [-0.3, -0.25) is 15.0 Å². The number of hydrazine groups is 1. The molecule has 1 fully saturated rings. The van der Waals surface area contributed by atoms with Crippen LogP contribution in [-0.4, -0.2) is 48.5 Å². The zero-order chi connectivity index (χ0) is 24.1. The molecule has 178 valence electrons. The summed E-state index contributed by atoms with van der Waals surface area (Å²) in [6.45, 7) is 7.46. The maximum absolute atomic E-state index is 12.1. The Bertz CT molecular complexity index is 610. The van der Waals surface area contributed by atoms with Gasteiger partial charge < -0.3 is 14.9 Å². The van der Waals surface area contributed by atoms with E-state index in [4.69, 9.17) is 49.8 Å². The molecule has 0 saturated carbocycles. The smallest absolute Gasteiger partial charge is 0.258 e. The van der Waals surface area contributed by atoms with Gasteiger partial charge in [0.25, 0.3) is 11.8 Å². The number of carbonyl (C=O) groups is 2. The molecule has 1 saturated heterocycles. The number of nitrogens with zero attached hydrogens (tertiary/aromatic N) is 1. The number of amides is 2. The number of halogens is 3. The van der Waals surface area contributed by atoms with Crippen molar-refractivity contribution in [1.82, 2.24) is 5.43 Å². The van der Waals surface area contributed by atoms with Crippen LogP contribution in [0.3, 0.4) is 0 Å². The fourth-order valence-corrected chi connectivity index (χ4v) is 2.15. The van der Waals surface area contributed by atoms with Crippen LogP contribution in [0.15, 0.2) is 40.4 Å². The van der Waals surface area contributed by atoms with Crippen LogP contribution in [0.4, 0.5) is 5.69 Å². The minimum Gasteiger partial charge on any atom is -0.394 e. The number of hydrogen-bond acceptors (Lipinski definition) is 5. The molecule has 1 aliphatic heterocycles. The summed E-state index contributed by atoms with van der Waals surface area (Å²) in [7, 11) is 0. The average Bonchev–Trinajstić information content (AvgIpc) is 3.07. The highest BCUT2D eigenvalue weighted by Crippen LogP contribution is 2.22. The number of hydrogen-bond donors (Lipinski definition) is 3. The van der Waals surface area contributed by atoms with E-state index in [1.165, 1.54) is 5.01 Å². The summed E-state index contributed by atoms with van der Waals surface area (Å²) in [5.41, 5.74) is 4.42. The fourth-order valence-electron chi connectivity index (χ4n) is 2.15. The van der Waals surface area contributed by atoms with E-state index in [-0.39, 0.29) is 29.5 Å². The van der Waals surface area contributed by atoms with Crippen molar-refractivity contribution < 1.29 is 24.5 Å². The summed E-state index contributed by atoms with van der Waals surface area (Å²) < 4.78 is 4.92. The molecule has 0 bridgehead atoms. The number of nitrogens with one attached hydrogen (secondary N) is 1. The van der Waals surface area contributed by atoms with Crippen LogP contribution in [0, 0.1) is 5.92 Å². The van der Waals surface area contributed by atoms with E-state index < -0.39 is 5.92 Å². The molecular weight excluding hydrogens is 467 g/mol. The van der Waals surface area contributed by atoms with E-state index in [9.17, 15) is 9.59 Å². The molecule has 0 radical (unpaired) electrons. The van der Waals surface area contributed by atoms with E-state index in [1.54, 1.807) is 12.1 Å². The average molecular weight is 500 g/mol. The lowest BCUT2D eigenvalue weighted by Gasteiger charge is -2.14. The highest BCUT2D eigenvalue weighted by Gasteiger charge is 2.39. The van der Waals surface area contributed by atoms with Crippen LogP contribution < -0.4 is 10.4 Å². The Labute approximate surface area is 199 Å². The van der Waals surface area contributed by atoms with Gasteiger partial charge in [0.05, 0.1) is 18.9 Å². The number of unbranched alkanes of at least 4 members (excludes halogenated alkanes) is 1. The number of rotatable bonds is 7. The second kappa shape index (κ2) is 21.9. The van der Waals surface area contributed by atoms with Gasteiger partial charge in [0.1, 0.15) is 10.4 Å². The largest absolute Gasteiger partial charge is 0.394 e. The molecule has 2 amide bonds. The number of benzene rings is 1. The summed E-state index contributed by atoms with van der Waals surface area (Å²) in [6.07, 6.45) is 2.51. The quantitative estimate of drug-likeness (QED) is 0.483. The molecule has 2 rings (SSSR count). The van der Waals surface area contributed by atoms with Crippen LogP contribution in [-0.2, 0) is 14.3 Å². The van der Waals surface area contributed by atoms with Crippen LogP contribution in [0.1, 0.15) is 40.0 Å². The van der Waals surface area contributed by atoms with Gasteiger partial charge in [0.2, 0.25) is 0 Å². The highest BCUT2D eigenvalue weighted by molar-refractivity contribution is 6.58. The summed E-state index contributed by atoms with van der Waals surface area (Å²) in [5, 5.41) is 16.6. The molecule has 31 heavy (non-hydrogen) atoms. The third-order valence-corrected chi connectivity index (χ3v) is 4.17. The first-order chi connectivity index (χ1) is 14.8. The van der Waals surface area contributed by atoms with Gasteiger partial charge in [-0.25, -0.2) is 5.01 Å². The normalized spacial score (nSPS) is 14.2. The number of anilines is 1. The van der Waals surface area contributed by atoms with Gasteiger partial charge in [-0.15, -0.1) is 0 Å². The Hall–Kier alpha value is -1.35. The zero-order valence-corrected chi connectivity index (χ0v) is 20.5. The molecule has 1 aliphatic rings. The minimum absolute atomic E-state index is 0.0895. The molecular formula is C21H33Cl3N2O5. The standard InChI is InChI=1S/C13H16N2O2.C4H10O.C2HCl3.C2H6O2/c1-2-3-9-11-12(16)14-15(13(11)17)10-7-5-4-6-8-10;1-3-5-4-2;3-1-2(4)5;3-1-2-4/h4-8,11H,2-3,9H2,1H3,(H,14,16);3-4H2,1-2H3;1H;3-4H,1-2H2. The summed E-state index contributed by atoms with van der Waals surface area (Å²) in [4.78, 5) is 23.8. The van der Waals surface area contributed by atoms with E-state index in [0.717, 1.165) is 31.6 Å². The van der Waals surface area contributed by atoms with E-state index in [0.29, 0.717) is 12.1 Å². The minimum atomic E-state index is -0.518. The predicted molar refractivity (Wildman–Crippen MR) is 127 cm³/mol. The summed E-state index contributed by atoms with van der Waals surface area (Å²) in [5.74, 6) is -0.850. The zero-order valence-electron chi connectivity index (χ0n) is 18.2. The van der Waals surface area contributed by atoms with Crippen molar-refractivity contribution in [3.05, 3.63) is 40.4 Å². The van der Waals surface area contributed by atoms with Crippen molar-refractivity contribution in [1.29, 1.82) is 0 Å².